The smallest absolute Gasteiger partial charge is 0.411 e. The van der Waals surface area contributed by atoms with Gasteiger partial charge in [0.05, 0.1) is 20.8 Å². The van der Waals surface area contributed by atoms with Gasteiger partial charge in [0, 0.05) is 5.56 Å². The van der Waals surface area contributed by atoms with Gasteiger partial charge in [0.1, 0.15) is 28.7 Å². The zero-order chi connectivity index (χ0) is 15.3. The molecule has 8 heteroatoms. The monoisotopic (exact) mass is 358 g/mol. The fourth-order valence-electron chi connectivity index (χ4n) is 1.56. The fraction of sp³-hybridized carbons (Fsp3) is 0.500. The van der Waals surface area contributed by atoms with Crippen LogP contribution < -0.4 is 9.47 Å². The van der Waals surface area contributed by atoms with Crippen molar-refractivity contribution >= 4 is 15.9 Å². The first-order chi connectivity index (χ1) is 9.30. The summed E-state index contributed by atoms with van der Waals surface area (Å²) in [6.07, 6.45) is -5.67. The van der Waals surface area contributed by atoms with Crippen LogP contribution in [-0.2, 0) is 4.74 Å². The molecule has 0 bridgehead atoms. The van der Waals surface area contributed by atoms with E-state index in [1.807, 2.05) is 0 Å². The maximum Gasteiger partial charge on any atom is 0.411 e. The molecule has 0 spiro atoms. The van der Waals surface area contributed by atoms with E-state index in [0.717, 1.165) is 0 Å². The molecule has 0 aliphatic heterocycles. The molecule has 1 aromatic rings. The topological polar surface area (TPSA) is 47.9 Å². The van der Waals surface area contributed by atoms with E-state index in [1.54, 1.807) is 6.07 Å². The first-order valence-electron chi connectivity index (χ1n) is 5.53. The van der Waals surface area contributed by atoms with E-state index >= 15 is 0 Å². The van der Waals surface area contributed by atoms with Crippen molar-refractivity contribution in [3.8, 4) is 11.5 Å². The number of aliphatic hydroxyl groups is 1. The van der Waals surface area contributed by atoms with Gasteiger partial charge in [-0.25, -0.2) is 0 Å². The highest BCUT2D eigenvalue weighted by Gasteiger charge is 2.28. The van der Waals surface area contributed by atoms with Gasteiger partial charge in [-0.1, -0.05) is 0 Å². The maximum absolute atomic E-state index is 12.0. The molecule has 1 atom stereocenters. The first kappa shape index (κ1) is 17.1. The number of aliphatic hydroxyl groups excluding tert-OH is 1. The van der Waals surface area contributed by atoms with Crippen molar-refractivity contribution in [1.82, 2.24) is 0 Å². The van der Waals surface area contributed by atoms with Crippen LogP contribution in [0.25, 0.3) is 0 Å². The van der Waals surface area contributed by atoms with E-state index in [1.165, 1.54) is 20.3 Å². The van der Waals surface area contributed by atoms with E-state index < -0.39 is 25.5 Å². The molecule has 1 unspecified atom stereocenters. The quantitative estimate of drug-likeness (QED) is 0.848. The van der Waals surface area contributed by atoms with Gasteiger partial charge in [-0.05, 0) is 28.1 Å². The number of hydrogen-bond acceptors (Lipinski definition) is 4. The lowest BCUT2D eigenvalue weighted by Gasteiger charge is -2.18. The lowest BCUT2D eigenvalue weighted by atomic mass is 10.1. The lowest BCUT2D eigenvalue weighted by molar-refractivity contribution is -0.179. The van der Waals surface area contributed by atoms with E-state index in [-0.39, 0.29) is 5.75 Å². The Balaban J connectivity index is 2.82. The minimum Gasteiger partial charge on any atom is -0.495 e. The lowest BCUT2D eigenvalue weighted by Crippen LogP contribution is -2.20. The summed E-state index contributed by atoms with van der Waals surface area (Å²) in [5.41, 5.74) is 0.308. The standard InChI is InChI=1S/C12H14BrF3O4/c1-18-9-4-3-7(11(19-2)10(9)13)8(17)5-20-6-12(14,15)16/h3-4,8,17H,5-6H2,1-2H3. The molecule has 0 saturated heterocycles. The van der Waals surface area contributed by atoms with Crippen LogP contribution in [0.3, 0.4) is 0 Å². The van der Waals surface area contributed by atoms with E-state index in [9.17, 15) is 18.3 Å². The van der Waals surface area contributed by atoms with E-state index in [4.69, 9.17) is 9.47 Å². The largest absolute Gasteiger partial charge is 0.495 e. The minimum atomic E-state index is -4.43. The molecule has 20 heavy (non-hydrogen) atoms. The van der Waals surface area contributed by atoms with E-state index in [2.05, 4.69) is 20.7 Å². The molecule has 0 radical (unpaired) electrons. The summed E-state index contributed by atoms with van der Waals surface area (Å²) in [6, 6.07) is 3.07. The van der Waals surface area contributed by atoms with Crippen molar-refractivity contribution in [2.45, 2.75) is 12.3 Å². The predicted molar refractivity (Wildman–Crippen MR) is 69.1 cm³/mol. The molecule has 1 aromatic carbocycles. The highest BCUT2D eigenvalue weighted by molar-refractivity contribution is 9.10. The van der Waals surface area contributed by atoms with Crippen molar-refractivity contribution in [1.29, 1.82) is 0 Å². The Kier molecular flexibility index (Phi) is 6.09. The fourth-order valence-corrected chi connectivity index (χ4v) is 2.24. The van der Waals surface area contributed by atoms with Crippen LogP contribution in [0.4, 0.5) is 13.2 Å². The van der Waals surface area contributed by atoms with Gasteiger partial charge >= 0.3 is 6.18 Å². The van der Waals surface area contributed by atoms with Crippen LogP contribution in [0.1, 0.15) is 11.7 Å². The molecule has 0 aliphatic rings. The zero-order valence-electron chi connectivity index (χ0n) is 10.8. The van der Waals surface area contributed by atoms with Gasteiger partial charge in [0.15, 0.2) is 0 Å². The summed E-state index contributed by atoms with van der Waals surface area (Å²) in [4.78, 5) is 0. The van der Waals surface area contributed by atoms with Crippen LogP contribution in [0, 0.1) is 0 Å². The van der Waals surface area contributed by atoms with Crippen LogP contribution >= 0.6 is 15.9 Å². The maximum atomic E-state index is 12.0. The Bertz CT molecular complexity index is 451. The molecule has 0 fully saturated rings. The molecule has 0 aromatic heterocycles. The molecule has 1 rings (SSSR count). The van der Waals surface area contributed by atoms with Crippen molar-refractivity contribution in [3.63, 3.8) is 0 Å². The average molecular weight is 359 g/mol. The number of halogens is 4. The predicted octanol–water partition coefficient (Wildman–Crippen LogP) is 3.08. The average Bonchev–Trinajstić information content (AvgIpc) is 2.36. The summed E-state index contributed by atoms with van der Waals surface area (Å²) >= 11 is 3.24. The second-order valence-corrected chi connectivity index (χ2v) is 4.64. The van der Waals surface area contributed by atoms with Crippen LogP contribution in [0.15, 0.2) is 16.6 Å². The van der Waals surface area contributed by atoms with Gasteiger partial charge in [0.25, 0.3) is 0 Å². The number of methoxy groups -OCH3 is 2. The Hall–Kier alpha value is -0.990. The Morgan fingerprint density at radius 2 is 1.90 bits per heavy atom. The van der Waals surface area contributed by atoms with Crippen LogP contribution in [-0.4, -0.2) is 38.7 Å². The molecule has 0 aliphatic carbocycles. The molecule has 1 N–H and O–H groups in total. The number of alkyl halides is 3. The third-order valence-electron chi connectivity index (χ3n) is 2.42. The highest BCUT2D eigenvalue weighted by atomic mass is 79.9. The second kappa shape index (κ2) is 7.14. The summed E-state index contributed by atoms with van der Waals surface area (Å²) < 4.78 is 51.0. The second-order valence-electron chi connectivity index (χ2n) is 3.85. The Morgan fingerprint density at radius 1 is 1.25 bits per heavy atom. The Labute approximate surface area is 122 Å². The molecule has 0 amide bonds. The summed E-state index contributed by atoms with van der Waals surface area (Å²) in [6.45, 7) is -1.90. The first-order valence-corrected chi connectivity index (χ1v) is 6.32. The molecular weight excluding hydrogens is 345 g/mol. The van der Waals surface area contributed by atoms with Gasteiger partial charge in [0.2, 0.25) is 0 Å². The van der Waals surface area contributed by atoms with Gasteiger partial charge in [-0.15, -0.1) is 0 Å². The molecule has 0 heterocycles. The SMILES string of the molecule is COc1ccc(C(O)COCC(F)(F)F)c(OC)c1Br. The normalized spacial score (nSPS) is 13.2. The summed E-state index contributed by atoms with van der Waals surface area (Å²) in [5, 5.41) is 9.88. The number of hydrogen-bond donors (Lipinski definition) is 1. The molecule has 114 valence electrons. The third kappa shape index (κ3) is 4.53. The highest BCUT2D eigenvalue weighted by Crippen LogP contribution is 2.39. The third-order valence-corrected chi connectivity index (χ3v) is 3.17. The van der Waals surface area contributed by atoms with Gasteiger partial charge in [-0.2, -0.15) is 13.2 Å². The van der Waals surface area contributed by atoms with Crippen LogP contribution in [0.2, 0.25) is 0 Å². The summed E-state index contributed by atoms with van der Waals surface area (Å²) in [7, 11) is 2.84. The molecule has 4 nitrogen and oxygen atoms in total. The molecular formula is C12H14BrF3O4. The number of rotatable bonds is 6. The van der Waals surface area contributed by atoms with Gasteiger partial charge in [-0.3, -0.25) is 0 Å². The van der Waals surface area contributed by atoms with E-state index in [0.29, 0.717) is 15.8 Å². The van der Waals surface area contributed by atoms with Gasteiger partial charge < -0.3 is 19.3 Å². The number of benzene rings is 1. The summed E-state index contributed by atoms with van der Waals surface area (Å²) in [5.74, 6) is 0.765. The van der Waals surface area contributed by atoms with Crippen molar-refractivity contribution < 1.29 is 32.5 Å². The Morgan fingerprint density at radius 3 is 2.40 bits per heavy atom. The van der Waals surface area contributed by atoms with Crippen molar-refractivity contribution in [2.75, 3.05) is 27.4 Å². The number of ether oxygens (including phenoxy) is 3. The van der Waals surface area contributed by atoms with Crippen molar-refractivity contribution in [3.05, 3.63) is 22.2 Å². The molecule has 0 saturated carbocycles. The minimum absolute atomic E-state index is 0.285. The zero-order valence-corrected chi connectivity index (χ0v) is 12.4. The van der Waals surface area contributed by atoms with Crippen molar-refractivity contribution in [2.24, 2.45) is 0 Å². The van der Waals surface area contributed by atoms with Crippen LogP contribution in [0.5, 0.6) is 11.5 Å².